The van der Waals surface area contributed by atoms with Gasteiger partial charge in [0.25, 0.3) is 5.91 Å². The number of fused-ring (bicyclic) bond motifs is 1. The number of hydrogen-bond donors (Lipinski definition) is 1. The van der Waals surface area contributed by atoms with E-state index in [1.807, 2.05) is 12.1 Å². The molecule has 0 saturated carbocycles. The van der Waals surface area contributed by atoms with Gasteiger partial charge in [0, 0.05) is 13.1 Å². The maximum Gasteiger partial charge on any atom is 0.258 e. The predicted octanol–water partition coefficient (Wildman–Crippen LogP) is 2.61. The molecule has 2 amide bonds. The fraction of sp³-hybridized carbons (Fsp3) is 0.364. The second-order valence-corrected chi connectivity index (χ2v) is 7.37. The number of ether oxygens (including phenoxy) is 1. The Kier molecular flexibility index (Phi) is 5.28. The largest absolute Gasteiger partial charge is 0.484 e. The number of amides is 2. The summed E-state index contributed by atoms with van der Waals surface area (Å²) in [6, 6.07) is 11.5. The Labute approximate surface area is 163 Å². The second-order valence-electron chi connectivity index (χ2n) is 7.37. The van der Waals surface area contributed by atoms with E-state index in [1.54, 1.807) is 17.0 Å². The minimum atomic E-state index is -0.531. The van der Waals surface area contributed by atoms with Gasteiger partial charge in [-0.3, -0.25) is 9.59 Å². The Morgan fingerprint density at radius 1 is 1.14 bits per heavy atom. The average Bonchev–Trinajstić information content (AvgIpc) is 3.29. The monoisotopic (exact) mass is 382 g/mol. The van der Waals surface area contributed by atoms with Crippen molar-refractivity contribution in [1.29, 1.82) is 0 Å². The number of carbonyl (C=O) groups is 2. The maximum atomic E-state index is 13.0. The van der Waals surface area contributed by atoms with Crippen LogP contribution in [0.15, 0.2) is 42.5 Å². The van der Waals surface area contributed by atoms with Gasteiger partial charge in [-0.25, -0.2) is 4.39 Å². The summed E-state index contributed by atoms with van der Waals surface area (Å²) in [6.07, 6.45) is 3.88. The van der Waals surface area contributed by atoms with Gasteiger partial charge in [0.05, 0.1) is 0 Å². The first-order valence-electron chi connectivity index (χ1n) is 9.66. The van der Waals surface area contributed by atoms with Gasteiger partial charge in [0.2, 0.25) is 5.91 Å². The maximum absolute atomic E-state index is 13.0. The quantitative estimate of drug-likeness (QED) is 0.836. The number of likely N-dealkylation sites (tertiary alicyclic amines) is 1. The van der Waals surface area contributed by atoms with E-state index in [-0.39, 0.29) is 24.2 Å². The molecule has 1 fully saturated rings. The molecule has 2 aromatic rings. The topological polar surface area (TPSA) is 58.6 Å². The Morgan fingerprint density at radius 3 is 2.75 bits per heavy atom. The predicted molar refractivity (Wildman–Crippen MR) is 102 cm³/mol. The summed E-state index contributed by atoms with van der Waals surface area (Å²) < 4.78 is 18.6. The SMILES string of the molecule is O=C(COc1ccc2c(c1)CCC2)NC1CCN(Cc2ccc(F)cc2)C1=O. The van der Waals surface area contributed by atoms with Gasteiger partial charge in [0.15, 0.2) is 6.61 Å². The van der Waals surface area contributed by atoms with Gasteiger partial charge in [-0.15, -0.1) is 0 Å². The summed E-state index contributed by atoms with van der Waals surface area (Å²) in [5.74, 6) is -0.0332. The number of benzene rings is 2. The number of hydrogen-bond acceptors (Lipinski definition) is 3. The Bertz CT molecular complexity index is 882. The zero-order valence-electron chi connectivity index (χ0n) is 15.6. The normalized spacial score (nSPS) is 18.2. The van der Waals surface area contributed by atoms with Crippen molar-refractivity contribution >= 4 is 11.8 Å². The lowest BCUT2D eigenvalue weighted by Gasteiger charge is -2.17. The highest BCUT2D eigenvalue weighted by atomic mass is 19.1. The zero-order valence-corrected chi connectivity index (χ0v) is 15.6. The Balaban J connectivity index is 1.26. The third-order valence-electron chi connectivity index (χ3n) is 5.36. The molecule has 5 nitrogen and oxygen atoms in total. The van der Waals surface area contributed by atoms with Crippen LogP contribution >= 0.6 is 0 Å². The molecule has 0 radical (unpaired) electrons. The molecule has 1 aliphatic heterocycles. The molecule has 0 bridgehead atoms. The molecule has 0 aromatic heterocycles. The third kappa shape index (κ3) is 4.16. The first-order chi connectivity index (χ1) is 13.6. The average molecular weight is 382 g/mol. The van der Waals surface area contributed by atoms with E-state index in [9.17, 15) is 14.0 Å². The van der Waals surface area contributed by atoms with Crippen LogP contribution in [0.4, 0.5) is 4.39 Å². The highest BCUT2D eigenvalue weighted by molar-refractivity contribution is 5.89. The van der Waals surface area contributed by atoms with Crippen LogP contribution < -0.4 is 10.1 Å². The molecule has 2 aliphatic rings. The van der Waals surface area contributed by atoms with Crippen LogP contribution in [0.25, 0.3) is 0 Å². The number of aryl methyl sites for hydroxylation is 2. The van der Waals surface area contributed by atoms with Crippen LogP contribution in [-0.2, 0) is 29.0 Å². The van der Waals surface area contributed by atoms with Crippen LogP contribution in [-0.4, -0.2) is 35.9 Å². The highest BCUT2D eigenvalue weighted by Crippen LogP contribution is 2.26. The van der Waals surface area contributed by atoms with Crippen LogP contribution in [0.5, 0.6) is 5.75 Å². The van der Waals surface area contributed by atoms with E-state index in [0.717, 1.165) is 24.8 Å². The lowest BCUT2D eigenvalue weighted by molar-refractivity contribution is -0.133. The van der Waals surface area contributed by atoms with Crippen molar-refractivity contribution in [3.63, 3.8) is 0 Å². The molecular weight excluding hydrogens is 359 g/mol. The lowest BCUT2D eigenvalue weighted by atomic mass is 10.1. The highest BCUT2D eigenvalue weighted by Gasteiger charge is 2.32. The van der Waals surface area contributed by atoms with E-state index in [4.69, 9.17) is 4.74 Å². The first kappa shape index (κ1) is 18.5. The zero-order chi connectivity index (χ0) is 19.5. The van der Waals surface area contributed by atoms with E-state index in [2.05, 4.69) is 11.4 Å². The van der Waals surface area contributed by atoms with Gasteiger partial charge < -0.3 is 15.0 Å². The molecule has 6 heteroatoms. The van der Waals surface area contributed by atoms with Gasteiger partial charge in [-0.1, -0.05) is 18.2 Å². The molecule has 4 rings (SSSR count). The number of nitrogens with one attached hydrogen (secondary N) is 1. The van der Waals surface area contributed by atoms with Crippen molar-refractivity contribution in [2.75, 3.05) is 13.2 Å². The second kappa shape index (κ2) is 8.00. The van der Waals surface area contributed by atoms with Crippen LogP contribution in [0.1, 0.15) is 29.5 Å². The lowest BCUT2D eigenvalue weighted by Crippen LogP contribution is -2.43. The summed E-state index contributed by atoms with van der Waals surface area (Å²) in [7, 11) is 0. The number of carbonyl (C=O) groups excluding carboxylic acids is 2. The smallest absolute Gasteiger partial charge is 0.258 e. The molecule has 1 heterocycles. The summed E-state index contributed by atoms with van der Waals surface area (Å²) in [4.78, 5) is 26.4. The summed E-state index contributed by atoms with van der Waals surface area (Å²) in [5, 5.41) is 2.76. The fourth-order valence-corrected chi connectivity index (χ4v) is 3.86. The van der Waals surface area contributed by atoms with E-state index < -0.39 is 6.04 Å². The van der Waals surface area contributed by atoms with Gasteiger partial charge in [0.1, 0.15) is 17.6 Å². The summed E-state index contributed by atoms with van der Waals surface area (Å²) >= 11 is 0. The molecule has 28 heavy (non-hydrogen) atoms. The van der Waals surface area contributed by atoms with Crippen molar-refractivity contribution in [1.82, 2.24) is 10.2 Å². The minimum Gasteiger partial charge on any atom is -0.484 e. The molecule has 1 aliphatic carbocycles. The number of rotatable bonds is 6. The van der Waals surface area contributed by atoms with Crippen molar-refractivity contribution in [2.24, 2.45) is 0 Å². The van der Waals surface area contributed by atoms with Crippen LogP contribution in [0.2, 0.25) is 0 Å². The standard InChI is InChI=1S/C22H23FN2O3/c23-18-7-4-15(5-8-18)13-25-11-10-20(22(25)27)24-21(26)14-28-19-9-6-16-2-1-3-17(16)12-19/h4-9,12,20H,1-3,10-11,13-14H2,(H,24,26). The van der Waals surface area contributed by atoms with E-state index in [0.29, 0.717) is 25.3 Å². The van der Waals surface area contributed by atoms with Crippen LogP contribution in [0, 0.1) is 5.82 Å². The molecule has 1 unspecified atom stereocenters. The Morgan fingerprint density at radius 2 is 1.93 bits per heavy atom. The number of nitrogens with zero attached hydrogens (tertiary/aromatic N) is 1. The summed E-state index contributed by atoms with van der Waals surface area (Å²) in [5.41, 5.74) is 3.51. The molecule has 1 saturated heterocycles. The van der Waals surface area contributed by atoms with Crippen molar-refractivity contribution < 1.29 is 18.7 Å². The molecule has 0 spiro atoms. The molecular formula is C22H23FN2O3. The van der Waals surface area contributed by atoms with Gasteiger partial charge in [-0.05, 0) is 66.6 Å². The molecule has 1 atom stereocenters. The minimum absolute atomic E-state index is 0.111. The van der Waals surface area contributed by atoms with Gasteiger partial charge >= 0.3 is 0 Å². The molecule has 146 valence electrons. The van der Waals surface area contributed by atoms with E-state index >= 15 is 0 Å². The summed E-state index contributed by atoms with van der Waals surface area (Å²) in [6.45, 7) is 0.866. The molecule has 2 aromatic carbocycles. The Hall–Kier alpha value is -2.89. The van der Waals surface area contributed by atoms with Crippen molar-refractivity contribution in [3.05, 3.63) is 65.0 Å². The first-order valence-corrected chi connectivity index (χ1v) is 9.66. The van der Waals surface area contributed by atoms with Crippen LogP contribution in [0.3, 0.4) is 0 Å². The molecule has 1 N–H and O–H groups in total. The third-order valence-corrected chi connectivity index (χ3v) is 5.36. The van der Waals surface area contributed by atoms with Crippen molar-refractivity contribution in [3.8, 4) is 5.75 Å². The van der Waals surface area contributed by atoms with E-state index in [1.165, 1.54) is 23.3 Å². The number of halogens is 1. The van der Waals surface area contributed by atoms with Gasteiger partial charge in [-0.2, -0.15) is 0 Å². The fourth-order valence-electron chi connectivity index (χ4n) is 3.86. The van der Waals surface area contributed by atoms with Crippen molar-refractivity contribution in [2.45, 2.75) is 38.3 Å².